The van der Waals surface area contributed by atoms with E-state index in [1.54, 1.807) is 0 Å². The minimum atomic E-state index is -0.110. The first-order valence-corrected chi connectivity index (χ1v) is 7.89. The summed E-state index contributed by atoms with van der Waals surface area (Å²) in [6, 6.07) is 10.1. The molecule has 2 unspecified atom stereocenters. The number of alkyl halides is 1. The molecular formula is C16H24BrNO. The van der Waals surface area contributed by atoms with Crippen molar-refractivity contribution in [3.05, 3.63) is 35.9 Å². The molecule has 0 saturated heterocycles. The SMILES string of the molecule is CC(C(=O)NC(CCBr)C(C)(C)C)c1ccccc1. The maximum absolute atomic E-state index is 12.3. The highest BCUT2D eigenvalue weighted by Gasteiger charge is 2.27. The Kier molecular flexibility index (Phi) is 6.05. The summed E-state index contributed by atoms with van der Waals surface area (Å²) < 4.78 is 0. The van der Waals surface area contributed by atoms with Crippen molar-refractivity contribution in [1.82, 2.24) is 5.32 Å². The number of benzene rings is 1. The standard InChI is InChI=1S/C16H24BrNO/c1-12(13-8-6-5-7-9-13)15(19)18-14(10-11-17)16(2,3)4/h5-9,12,14H,10-11H2,1-4H3,(H,18,19). The molecule has 0 aliphatic rings. The fraction of sp³-hybridized carbons (Fsp3) is 0.562. The number of rotatable bonds is 5. The van der Waals surface area contributed by atoms with Gasteiger partial charge >= 0.3 is 0 Å². The van der Waals surface area contributed by atoms with E-state index in [2.05, 4.69) is 42.0 Å². The molecule has 0 spiro atoms. The molecular weight excluding hydrogens is 302 g/mol. The highest BCUT2D eigenvalue weighted by atomic mass is 79.9. The van der Waals surface area contributed by atoms with Crippen LogP contribution >= 0.6 is 15.9 Å². The predicted molar refractivity (Wildman–Crippen MR) is 84.7 cm³/mol. The number of carbonyl (C=O) groups is 1. The lowest BCUT2D eigenvalue weighted by Crippen LogP contribution is -2.45. The van der Waals surface area contributed by atoms with Gasteiger partial charge in [-0.05, 0) is 24.3 Å². The summed E-state index contributed by atoms with van der Waals surface area (Å²) >= 11 is 3.46. The molecule has 106 valence electrons. The average Bonchev–Trinajstić information content (AvgIpc) is 2.37. The van der Waals surface area contributed by atoms with Crippen LogP contribution in [0.5, 0.6) is 0 Å². The van der Waals surface area contributed by atoms with Crippen LogP contribution in [0.15, 0.2) is 30.3 Å². The molecule has 1 N–H and O–H groups in total. The molecule has 0 aliphatic heterocycles. The first-order chi connectivity index (χ1) is 8.86. The molecule has 1 aromatic carbocycles. The molecule has 0 radical (unpaired) electrons. The number of amides is 1. The maximum atomic E-state index is 12.3. The van der Waals surface area contributed by atoms with Gasteiger partial charge in [0.1, 0.15) is 0 Å². The topological polar surface area (TPSA) is 29.1 Å². The van der Waals surface area contributed by atoms with Gasteiger partial charge in [-0.1, -0.05) is 67.0 Å². The molecule has 2 atom stereocenters. The fourth-order valence-corrected chi connectivity index (χ4v) is 2.48. The summed E-state index contributed by atoms with van der Waals surface area (Å²) in [6.45, 7) is 8.44. The number of carbonyl (C=O) groups excluding carboxylic acids is 1. The highest BCUT2D eigenvalue weighted by molar-refractivity contribution is 9.09. The fourth-order valence-electron chi connectivity index (χ4n) is 2.02. The molecule has 3 heteroatoms. The van der Waals surface area contributed by atoms with Crippen LogP contribution in [0.25, 0.3) is 0 Å². The third-order valence-electron chi connectivity index (χ3n) is 3.45. The van der Waals surface area contributed by atoms with Crippen LogP contribution in [0.1, 0.15) is 45.6 Å². The van der Waals surface area contributed by atoms with Gasteiger partial charge in [-0.2, -0.15) is 0 Å². The molecule has 1 rings (SSSR count). The summed E-state index contributed by atoms with van der Waals surface area (Å²) in [7, 11) is 0. The lowest BCUT2D eigenvalue weighted by molar-refractivity contribution is -0.123. The third kappa shape index (κ3) is 4.98. The Hall–Kier alpha value is -0.830. The van der Waals surface area contributed by atoms with E-state index >= 15 is 0 Å². The summed E-state index contributed by atoms with van der Waals surface area (Å²) in [4.78, 5) is 12.3. The van der Waals surface area contributed by atoms with Gasteiger partial charge < -0.3 is 5.32 Å². The lowest BCUT2D eigenvalue weighted by Gasteiger charge is -2.32. The number of hydrogen-bond acceptors (Lipinski definition) is 1. The quantitative estimate of drug-likeness (QED) is 0.811. The smallest absolute Gasteiger partial charge is 0.227 e. The monoisotopic (exact) mass is 325 g/mol. The van der Waals surface area contributed by atoms with Crippen molar-refractivity contribution in [3.63, 3.8) is 0 Å². The van der Waals surface area contributed by atoms with Crippen molar-refractivity contribution in [2.75, 3.05) is 5.33 Å². The molecule has 0 aromatic heterocycles. The van der Waals surface area contributed by atoms with E-state index in [1.807, 2.05) is 37.3 Å². The number of hydrogen-bond donors (Lipinski definition) is 1. The van der Waals surface area contributed by atoms with E-state index in [1.165, 1.54) is 0 Å². The number of nitrogens with one attached hydrogen (secondary N) is 1. The Balaban J connectivity index is 2.72. The Morgan fingerprint density at radius 3 is 2.32 bits per heavy atom. The second-order valence-electron chi connectivity index (χ2n) is 6.04. The van der Waals surface area contributed by atoms with Gasteiger partial charge in [-0.25, -0.2) is 0 Å². The molecule has 0 fully saturated rings. The van der Waals surface area contributed by atoms with E-state index in [9.17, 15) is 4.79 Å². The highest BCUT2D eigenvalue weighted by Crippen LogP contribution is 2.24. The Morgan fingerprint density at radius 1 is 1.26 bits per heavy atom. The van der Waals surface area contributed by atoms with E-state index in [0.29, 0.717) is 0 Å². The normalized spacial score (nSPS) is 14.8. The van der Waals surface area contributed by atoms with Gasteiger partial charge in [0.25, 0.3) is 0 Å². The minimum Gasteiger partial charge on any atom is -0.352 e. The van der Waals surface area contributed by atoms with Crippen LogP contribution in [-0.2, 0) is 4.79 Å². The van der Waals surface area contributed by atoms with Crippen molar-refractivity contribution in [3.8, 4) is 0 Å². The molecule has 1 aromatic rings. The predicted octanol–water partition coefficient (Wildman–Crippen LogP) is 4.11. The van der Waals surface area contributed by atoms with Crippen molar-refractivity contribution in [2.24, 2.45) is 5.41 Å². The molecule has 1 amide bonds. The van der Waals surface area contributed by atoms with E-state index in [0.717, 1.165) is 17.3 Å². The van der Waals surface area contributed by atoms with Gasteiger partial charge in [0.05, 0.1) is 5.92 Å². The lowest BCUT2D eigenvalue weighted by atomic mass is 9.84. The Labute approximate surface area is 125 Å². The molecule has 0 saturated carbocycles. The maximum Gasteiger partial charge on any atom is 0.227 e. The van der Waals surface area contributed by atoms with Gasteiger partial charge in [0, 0.05) is 11.4 Å². The zero-order valence-corrected chi connectivity index (χ0v) is 13.8. The first-order valence-electron chi connectivity index (χ1n) is 6.77. The van der Waals surface area contributed by atoms with Crippen LogP contribution in [0.3, 0.4) is 0 Å². The molecule has 19 heavy (non-hydrogen) atoms. The second-order valence-corrected chi connectivity index (χ2v) is 6.83. The zero-order chi connectivity index (χ0) is 14.5. The summed E-state index contributed by atoms with van der Waals surface area (Å²) in [5.41, 5.74) is 1.13. The molecule has 0 aliphatic carbocycles. The van der Waals surface area contributed by atoms with Crippen LogP contribution in [0.2, 0.25) is 0 Å². The van der Waals surface area contributed by atoms with Crippen molar-refractivity contribution in [1.29, 1.82) is 0 Å². The van der Waals surface area contributed by atoms with Crippen molar-refractivity contribution < 1.29 is 4.79 Å². The van der Waals surface area contributed by atoms with Crippen LogP contribution in [0.4, 0.5) is 0 Å². The summed E-state index contributed by atoms with van der Waals surface area (Å²) in [6.07, 6.45) is 0.941. The van der Waals surface area contributed by atoms with E-state index in [4.69, 9.17) is 0 Å². The Morgan fingerprint density at radius 2 is 1.84 bits per heavy atom. The average molecular weight is 326 g/mol. The van der Waals surface area contributed by atoms with Crippen LogP contribution in [-0.4, -0.2) is 17.3 Å². The summed E-state index contributed by atoms with van der Waals surface area (Å²) in [5.74, 6) is -0.00606. The second kappa shape index (κ2) is 7.09. The first kappa shape index (κ1) is 16.2. The largest absolute Gasteiger partial charge is 0.352 e. The van der Waals surface area contributed by atoms with Crippen LogP contribution < -0.4 is 5.32 Å². The van der Waals surface area contributed by atoms with Crippen molar-refractivity contribution >= 4 is 21.8 Å². The van der Waals surface area contributed by atoms with Gasteiger partial charge in [-0.3, -0.25) is 4.79 Å². The van der Waals surface area contributed by atoms with E-state index < -0.39 is 0 Å². The number of halogens is 1. The van der Waals surface area contributed by atoms with Crippen molar-refractivity contribution in [2.45, 2.75) is 46.1 Å². The molecule has 0 bridgehead atoms. The van der Waals surface area contributed by atoms with Crippen LogP contribution in [0, 0.1) is 5.41 Å². The van der Waals surface area contributed by atoms with Gasteiger partial charge in [0.15, 0.2) is 0 Å². The van der Waals surface area contributed by atoms with Gasteiger partial charge in [0.2, 0.25) is 5.91 Å². The molecule has 0 heterocycles. The van der Waals surface area contributed by atoms with E-state index in [-0.39, 0.29) is 23.3 Å². The summed E-state index contributed by atoms with van der Waals surface area (Å²) in [5, 5.41) is 4.08. The third-order valence-corrected chi connectivity index (χ3v) is 3.91. The molecule has 2 nitrogen and oxygen atoms in total. The minimum absolute atomic E-state index is 0.0693. The van der Waals surface area contributed by atoms with Gasteiger partial charge in [-0.15, -0.1) is 0 Å². The Bertz CT molecular complexity index is 397. The zero-order valence-electron chi connectivity index (χ0n) is 12.2.